The fourth-order valence-electron chi connectivity index (χ4n) is 2.76. The molecule has 27 heavy (non-hydrogen) atoms. The average molecular weight is 426 g/mol. The molecule has 0 radical (unpaired) electrons. The quantitative estimate of drug-likeness (QED) is 0.485. The predicted molar refractivity (Wildman–Crippen MR) is 114 cm³/mol. The Bertz CT molecular complexity index is 1020. The minimum absolute atomic E-state index is 0.321. The van der Waals surface area contributed by atoms with Gasteiger partial charge >= 0.3 is 0 Å². The van der Waals surface area contributed by atoms with Gasteiger partial charge in [0.25, 0.3) is 5.91 Å². The molecule has 0 atom stereocenters. The number of fused-ring (bicyclic) bond motifs is 1. The summed E-state index contributed by atoms with van der Waals surface area (Å²) >= 11 is 3.54. The van der Waals surface area contributed by atoms with Gasteiger partial charge in [0.15, 0.2) is 0 Å². The van der Waals surface area contributed by atoms with Crippen LogP contribution in [0.2, 0.25) is 0 Å². The Kier molecular flexibility index (Phi) is 5.76. The molecule has 0 heterocycles. The standard InChI is InChI=1S/C21H20BrN3O2/c1-25(2)19-9-8-14(10-18(19)22)13-23-24-21(26)17-11-15-6-4-5-7-16(15)12-20(17)27-3/h4-13H,1-3H3,(H,24,26). The minimum Gasteiger partial charge on any atom is -0.496 e. The smallest absolute Gasteiger partial charge is 0.275 e. The average Bonchev–Trinajstić information content (AvgIpc) is 2.66. The van der Waals surface area contributed by atoms with Gasteiger partial charge < -0.3 is 9.64 Å². The van der Waals surface area contributed by atoms with E-state index in [1.165, 1.54) is 0 Å². The zero-order valence-electron chi connectivity index (χ0n) is 15.4. The highest BCUT2D eigenvalue weighted by molar-refractivity contribution is 9.10. The molecule has 1 amide bonds. The number of hydrazone groups is 1. The Morgan fingerprint density at radius 1 is 1.11 bits per heavy atom. The Balaban J connectivity index is 1.78. The number of nitrogens with zero attached hydrogens (tertiary/aromatic N) is 2. The SMILES string of the molecule is COc1cc2ccccc2cc1C(=O)NN=Cc1ccc(N(C)C)c(Br)c1. The van der Waals surface area contributed by atoms with Crippen LogP contribution in [0.3, 0.4) is 0 Å². The Hall–Kier alpha value is -2.86. The molecule has 0 bridgehead atoms. The van der Waals surface area contributed by atoms with E-state index in [2.05, 4.69) is 26.5 Å². The first-order chi connectivity index (χ1) is 13.0. The number of anilines is 1. The summed E-state index contributed by atoms with van der Waals surface area (Å²) < 4.78 is 6.32. The number of rotatable bonds is 5. The third-order valence-corrected chi connectivity index (χ3v) is 4.78. The monoisotopic (exact) mass is 425 g/mol. The number of carbonyl (C=O) groups is 1. The third-order valence-electron chi connectivity index (χ3n) is 4.15. The summed E-state index contributed by atoms with van der Waals surface area (Å²) in [6, 6.07) is 17.3. The van der Waals surface area contributed by atoms with Gasteiger partial charge in [0, 0.05) is 18.6 Å². The summed E-state index contributed by atoms with van der Waals surface area (Å²) in [5.41, 5.74) is 4.95. The van der Waals surface area contributed by atoms with Crippen molar-refractivity contribution in [2.45, 2.75) is 0 Å². The number of nitrogens with one attached hydrogen (secondary N) is 1. The second kappa shape index (κ2) is 8.22. The molecule has 138 valence electrons. The van der Waals surface area contributed by atoms with Crippen LogP contribution < -0.4 is 15.1 Å². The maximum absolute atomic E-state index is 12.5. The van der Waals surface area contributed by atoms with E-state index in [0.29, 0.717) is 11.3 Å². The molecule has 0 aliphatic rings. The predicted octanol–water partition coefficient (Wildman–Crippen LogP) is 4.44. The third kappa shape index (κ3) is 4.28. The lowest BCUT2D eigenvalue weighted by Crippen LogP contribution is -2.18. The van der Waals surface area contributed by atoms with Crippen molar-refractivity contribution >= 4 is 44.5 Å². The number of amides is 1. The molecular weight excluding hydrogens is 406 g/mol. The number of ether oxygens (including phenoxy) is 1. The Morgan fingerprint density at radius 3 is 2.44 bits per heavy atom. The minimum atomic E-state index is -0.321. The molecule has 0 aromatic heterocycles. The summed E-state index contributed by atoms with van der Waals surface area (Å²) in [5.74, 6) is 0.192. The van der Waals surface area contributed by atoms with Crippen molar-refractivity contribution < 1.29 is 9.53 Å². The largest absolute Gasteiger partial charge is 0.496 e. The number of methoxy groups -OCH3 is 1. The molecule has 6 heteroatoms. The summed E-state index contributed by atoms with van der Waals surface area (Å²) in [5, 5.41) is 6.06. The van der Waals surface area contributed by atoms with Gasteiger partial charge in [-0.3, -0.25) is 4.79 Å². The van der Waals surface area contributed by atoms with Crippen LogP contribution in [-0.4, -0.2) is 33.3 Å². The van der Waals surface area contributed by atoms with Crippen LogP contribution in [0.15, 0.2) is 64.2 Å². The fourth-order valence-corrected chi connectivity index (χ4v) is 3.51. The van der Waals surface area contributed by atoms with Crippen molar-refractivity contribution in [3.05, 3.63) is 70.2 Å². The van der Waals surface area contributed by atoms with Gasteiger partial charge in [0.05, 0.1) is 24.6 Å². The van der Waals surface area contributed by atoms with Gasteiger partial charge in [-0.15, -0.1) is 0 Å². The van der Waals surface area contributed by atoms with Crippen LogP contribution >= 0.6 is 15.9 Å². The second-order valence-electron chi connectivity index (χ2n) is 6.20. The lowest BCUT2D eigenvalue weighted by atomic mass is 10.1. The molecule has 3 rings (SSSR count). The lowest BCUT2D eigenvalue weighted by molar-refractivity contribution is 0.0952. The molecule has 1 N–H and O–H groups in total. The first kappa shape index (κ1) is 18.9. The van der Waals surface area contributed by atoms with Crippen molar-refractivity contribution in [2.24, 2.45) is 5.10 Å². The number of carbonyl (C=O) groups excluding carboxylic acids is 1. The fraction of sp³-hybridized carbons (Fsp3) is 0.143. The van der Waals surface area contributed by atoms with E-state index in [0.717, 1.165) is 26.5 Å². The van der Waals surface area contributed by atoms with E-state index in [1.807, 2.05) is 73.6 Å². The molecule has 3 aromatic carbocycles. The molecule has 0 saturated heterocycles. The molecule has 0 unspecified atom stereocenters. The number of halogens is 1. The zero-order chi connectivity index (χ0) is 19.4. The Morgan fingerprint density at radius 2 is 1.81 bits per heavy atom. The number of hydrogen-bond donors (Lipinski definition) is 1. The molecule has 0 fully saturated rings. The molecular formula is C21H20BrN3O2. The van der Waals surface area contributed by atoms with Crippen molar-refractivity contribution in [1.82, 2.24) is 5.43 Å². The van der Waals surface area contributed by atoms with E-state index < -0.39 is 0 Å². The summed E-state index contributed by atoms with van der Waals surface area (Å²) in [7, 11) is 5.50. The summed E-state index contributed by atoms with van der Waals surface area (Å²) in [6.07, 6.45) is 1.61. The summed E-state index contributed by atoms with van der Waals surface area (Å²) in [4.78, 5) is 14.6. The maximum atomic E-state index is 12.5. The van der Waals surface area contributed by atoms with Gasteiger partial charge in [-0.25, -0.2) is 5.43 Å². The molecule has 5 nitrogen and oxygen atoms in total. The first-order valence-electron chi connectivity index (χ1n) is 8.36. The van der Waals surface area contributed by atoms with Crippen LogP contribution in [-0.2, 0) is 0 Å². The van der Waals surface area contributed by atoms with E-state index >= 15 is 0 Å². The molecule has 3 aromatic rings. The van der Waals surface area contributed by atoms with Gasteiger partial charge in [-0.2, -0.15) is 5.10 Å². The van der Waals surface area contributed by atoms with E-state index in [-0.39, 0.29) is 5.91 Å². The topological polar surface area (TPSA) is 53.9 Å². The van der Waals surface area contributed by atoms with Crippen LogP contribution in [0.25, 0.3) is 10.8 Å². The highest BCUT2D eigenvalue weighted by Gasteiger charge is 2.13. The second-order valence-corrected chi connectivity index (χ2v) is 7.06. The van der Waals surface area contributed by atoms with Gasteiger partial charge in [0.1, 0.15) is 5.75 Å². The number of hydrogen-bond acceptors (Lipinski definition) is 4. The van der Waals surface area contributed by atoms with Crippen LogP contribution in [0, 0.1) is 0 Å². The van der Waals surface area contributed by atoms with Gasteiger partial charge in [0.2, 0.25) is 0 Å². The Labute approximate surface area is 166 Å². The highest BCUT2D eigenvalue weighted by Crippen LogP contribution is 2.26. The van der Waals surface area contributed by atoms with Crippen molar-refractivity contribution in [3.63, 3.8) is 0 Å². The zero-order valence-corrected chi connectivity index (χ0v) is 16.9. The van der Waals surface area contributed by atoms with E-state index in [4.69, 9.17) is 4.74 Å². The van der Waals surface area contributed by atoms with Crippen molar-refractivity contribution in [3.8, 4) is 5.75 Å². The van der Waals surface area contributed by atoms with Crippen molar-refractivity contribution in [1.29, 1.82) is 0 Å². The molecule has 0 spiro atoms. The van der Waals surface area contributed by atoms with Crippen LogP contribution in [0.4, 0.5) is 5.69 Å². The normalized spacial score (nSPS) is 11.0. The first-order valence-corrected chi connectivity index (χ1v) is 9.16. The molecule has 0 aliphatic heterocycles. The number of benzene rings is 3. The van der Waals surface area contributed by atoms with Crippen LogP contribution in [0.5, 0.6) is 5.75 Å². The van der Waals surface area contributed by atoms with Gasteiger partial charge in [-0.05, 0) is 56.5 Å². The highest BCUT2D eigenvalue weighted by atomic mass is 79.9. The van der Waals surface area contributed by atoms with Crippen molar-refractivity contribution in [2.75, 3.05) is 26.1 Å². The molecule has 0 saturated carbocycles. The lowest BCUT2D eigenvalue weighted by Gasteiger charge is -2.14. The van der Waals surface area contributed by atoms with Gasteiger partial charge in [-0.1, -0.05) is 30.3 Å². The van der Waals surface area contributed by atoms with E-state index in [1.54, 1.807) is 13.3 Å². The summed E-state index contributed by atoms with van der Waals surface area (Å²) in [6.45, 7) is 0. The maximum Gasteiger partial charge on any atom is 0.275 e. The van der Waals surface area contributed by atoms with Crippen LogP contribution in [0.1, 0.15) is 15.9 Å². The molecule has 0 aliphatic carbocycles. The van der Waals surface area contributed by atoms with E-state index in [9.17, 15) is 4.79 Å².